The van der Waals surface area contributed by atoms with E-state index in [1.54, 1.807) is 42.5 Å². The van der Waals surface area contributed by atoms with E-state index in [1.807, 2.05) is 36.4 Å². The molecule has 0 saturated carbocycles. The number of hydrogen-bond donors (Lipinski definition) is 2. The Hall–Kier alpha value is -4.50. The lowest BCUT2D eigenvalue weighted by atomic mass is 10.3. The zero-order valence-corrected chi connectivity index (χ0v) is 20.2. The first-order chi connectivity index (χ1) is 17.4. The van der Waals surface area contributed by atoms with E-state index in [0.717, 1.165) is 0 Å². The van der Waals surface area contributed by atoms with Crippen LogP contribution in [0.15, 0.2) is 108 Å². The molecule has 0 spiro atoms. The molecule has 0 aromatic heterocycles. The second kappa shape index (κ2) is 11.3. The van der Waals surface area contributed by atoms with Crippen LogP contribution in [0, 0.1) is 0 Å². The van der Waals surface area contributed by atoms with Gasteiger partial charge < -0.3 is 19.5 Å². The third kappa shape index (κ3) is 6.55. The second-order valence-electron chi connectivity index (χ2n) is 7.56. The summed E-state index contributed by atoms with van der Waals surface area (Å²) in [6.45, 7) is -0.270. The second-order valence-corrected chi connectivity index (χ2v) is 9.24. The summed E-state index contributed by atoms with van der Waals surface area (Å²) in [7, 11) is -2.31. The summed E-state index contributed by atoms with van der Waals surface area (Å²) < 4.78 is 44.4. The Balaban J connectivity index is 1.34. The molecule has 4 aromatic carbocycles. The molecule has 0 fully saturated rings. The van der Waals surface area contributed by atoms with Crippen molar-refractivity contribution in [3.05, 3.63) is 103 Å². The fraction of sp³-hybridized carbons (Fsp3) is 0.0741. The topological polar surface area (TPSA) is 103 Å². The molecule has 4 rings (SSSR count). The fourth-order valence-corrected chi connectivity index (χ4v) is 4.27. The predicted octanol–water partition coefficient (Wildman–Crippen LogP) is 5.31. The first-order valence-corrected chi connectivity index (χ1v) is 12.4. The highest BCUT2D eigenvalue weighted by Gasteiger charge is 2.15. The number of methoxy groups -OCH3 is 1. The summed E-state index contributed by atoms with van der Waals surface area (Å²) in [5.41, 5.74) is 0.878. The van der Waals surface area contributed by atoms with Gasteiger partial charge in [-0.2, -0.15) is 0 Å². The number of carbonyl (C=O) groups is 1. The molecule has 184 valence electrons. The van der Waals surface area contributed by atoms with Crippen molar-refractivity contribution in [3.8, 4) is 23.0 Å². The van der Waals surface area contributed by atoms with Gasteiger partial charge in [-0.15, -0.1) is 0 Å². The van der Waals surface area contributed by atoms with Crippen LogP contribution in [0.3, 0.4) is 0 Å². The molecule has 9 heteroatoms. The first-order valence-electron chi connectivity index (χ1n) is 10.9. The number of benzene rings is 4. The van der Waals surface area contributed by atoms with E-state index in [-0.39, 0.29) is 11.5 Å². The van der Waals surface area contributed by atoms with Crippen molar-refractivity contribution in [2.45, 2.75) is 4.90 Å². The smallest absolute Gasteiger partial charge is 0.262 e. The van der Waals surface area contributed by atoms with Gasteiger partial charge in [-0.05, 0) is 60.7 Å². The van der Waals surface area contributed by atoms with Crippen molar-refractivity contribution in [2.24, 2.45) is 0 Å². The van der Waals surface area contributed by atoms with E-state index in [4.69, 9.17) is 14.2 Å². The maximum atomic E-state index is 12.7. The van der Waals surface area contributed by atoms with Crippen LogP contribution in [0.4, 0.5) is 11.4 Å². The van der Waals surface area contributed by atoms with Crippen molar-refractivity contribution in [1.29, 1.82) is 0 Å². The van der Waals surface area contributed by atoms with Crippen molar-refractivity contribution in [2.75, 3.05) is 23.8 Å². The molecule has 0 saturated heterocycles. The molecule has 8 nitrogen and oxygen atoms in total. The summed E-state index contributed by atoms with van der Waals surface area (Å²) in [6.07, 6.45) is 0. The number of rotatable bonds is 10. The number of nitrogens with one attached hydrogen (secondary N) is 2. The Morgan fingerprint density at radius 3 is 2.22 bits per heavy atom. The lowest BCUT2D eigenvalue weighted by molar-refractivity contribution is -0.118. The molecule has 1 amide bonds. The highest BCUT2D eigenvalue weighted by Crippen LogP contribution is 2.29. The normalized spacial score (nSPS) is 10.8. The van der Waals surface area contributed by atoms with Gasteiger partial charge in [0.1, 0.15) is 17.2 Å². The van der Waals surface area contributed by atoms with Gasteiger partial charge in [0.05, 0.1) is 23.4 Å². The monoisotopic (exact) mass is 504 g/mol. The van der Waals surface area contributed by atoms with Crippen LogP contribution in [-0.2, 0) is 14.8 Å². The molecule has 0 radical (unpaired) electrons. The third-order valence-corrected chi connectivity index (χ3v) is 6.36. The van der Waals surface area contributed by atoms with Crippen molar-refractivity contribution >= 4 is 27.3 Å². The van der Waals surface area contributed by atoms with Crippen LogP contribution >= 0.6 is 0 Å². The number of ether oxygens (including phenoxy) is 3. The average molecular weight is 505 g/mol. The first kappa shape index (κ1) is 24.6. The van der Waals surface area contributed by atoms with Gasteiger partial charge in [0, 0.05) is 6.07 Å². The van der Waals surface area contributed by atoms with Crippen LogP contribution in [0.2, 0.25) is 0 Å². The highest BCUT2D eigenvalue weighted by molar-refractivity contribution is 7.92. The third-order valence-electron chi connectivity index (χ3n) is 4.96. The largest absolute Gasteiger partial charge is 0.497 e. The van der Waals surface area contributed by atoms with Crippen LogP contribution in [0.1, 0.15) is 0 Å². The Labute approximate surface area is 209 Å². The molecular weight excluding hydrogens is 480 g/mol. The van der Waals surface area contributed by atoms with Gasteiger partial charge in [0.25, 0.3) is 15.9 Å². The van der Waals surface area contributed by atoms with Crippen molar-refractivity contribution in [1.82, 2.24) is 0 Å². The predicted molar refractivity (Wildman–Crippen MR) is 137 cm³/mol. The minimum absolute atomic E-state index is 0.0501. The SMILES string of the molecule is COc1cccc(NS(=O)(=O)c2ccc(OCC(=O)Nc3ccccc3Oc3ccccc3)cc2)c1. The van der Waals surface area contributed by atoms with Gasteiger partial charge in [-0.25, -0.2) is 8.42 Å². The van der Waals surface area contributed by atoms with Gasteiger partial charge in [0.15, 0.2) is 12.4 Å². The van der Waals surface area contributed by atoms with Crippen LogP contribution in [0.25, 0.3) is 0 Å². The standard InChI is InChI=1S/C27H24N2O6S/c1-33-23-11-7-8-20(18-23)29-36(31,32)24-16-14-21(15-17-24)34-19-27(30)28-25-12-5-6-13-26(25)35-22-9-3-2-4-10-22/h2-18,29H,19H2,1H3,(H,28,30). The minimum atomic E-state index is -3.81. The molecule has 0 aliphatic carbocycles. The molecule has 2 N–H and O–H groups in total. The van der Waals surface area contributed by atoms with Gasteiger partial charge in [-0.1, -0.05) is 36.4 Å². The summed E-state index contributed by atoms with van der Waals surface area (Å²) in [5, 5.41) is 2.77. The number of hydrogen-bond acceptors (Lipinski definition) is 6. The van der Waals surface area contributed by atoms with Crippen molar-refractivity contribution < 1.29 is 27.4 Å². The quantitative estimate of drug-likeness (QED) is 0.304. The van der Waals surface area contributed by atoms with E-state index in [0.29, 0.717) is 34.4 Å². The summed E-state index contributed by atoms with van der Waals surface area (Å²) in [5.74, 6) is 1.63. The lowest BCUT2D eigenvalue weighted by Crippen LogP contribution is -2.20. The van der Waals surface area contributed by atoms with Crippen molar-refractivity contribution in [3.63, 3.8) is 0 Å². The Morgan fingerprint density at radius 2 is 1.47 bits per heavy atom. The number of carbonyl (C=O) groups excluding carboxylic acids is 1. The molecule has 0 heterocycles. The van der Waals surface area contributed by atoms with Gasteiger partial charge in [0.2, 0.25) is 0 Å². The minimum Gasteiger partial charge on any atom is -0.497 e. The number of amides is 1. The Bertz CT molecular complexity index is 1420. The maximum absolute atomic E-state index is 12.7. The molecule has 0 bridgehead atoms. The molecule has 0 unspecified atom stereocenters. The van der Waals surface area contributed by atoms with E-state index in [1.165, 1.54) is 31.4 Å². The number of sulfonamides is 1. The Kier molecular flexibility index (Phi) is 7.72. The molecule has 0 aliphatic heterocycles. The molecule has 0 aliphatic rings. The number of para-hydroxylation sites is 3. The van der Waals surface area contributed by atoms with E-state index >= 15 is 0 Å². The summed E-state index contributed by atoms with van der Waals surface area (Å²) in [6, 6.07) is 28.7. The van der Waals surface area contributed by atoms with Gasteiger partial charge in [-0.3, -0.25) is 9.52 Å². The fourth-order valence-electron chi connectivity index (χ4n) is 3.23. The van der Waals surface area contributed by atoms with Gasteiger partial charge >= 0.3 is 0 Å². The molecular formula is C27H24N2O6S. The Morgan fingerprint density at radius 1 is 0.778 bits per heavy atom. The average Bonchev–Trinajstić information content (AvgIpc) is 2.89. The van der Waals surface area contributed by atoms with Crippen LogP contribution in [0.5, 0.6) is 23.0 Å². The highest BCUT2D eigenvalue weighted by atomic mass is 32.2. The van der Waals surface area contributed by atoms with Crippen LogP contribution < -0.4 is 24.2 Å². The lowest BCUT2D eigenvalue weighted by Gasteiger charge is -2.13. The molecule has 4 aromatic rings. The maximum Gasteiger partial charge on any atom is 0.262 e. The zero-order chi connectivity index (χ0) is 25.4. The van der Waals surface area contributed by atoms with E-state index in [9.17, 15) is 13.2 Å². The van der Waals surface area contributed by atoms with E-state index < -0.39 is 15.9 Å². The zero-order valence-electron chi connectivity index (χ0n) is 19.4. The molecule has 0 atom stereocenters. The summed E-state index contributed by atoms with van der Waals surface area (Å²) in [4.78, 5) is 12.5. The van der Waals surface area contributed by atoms with Crippen LogP contribution in [-0.4, -0.2) is 28.0 Å². The number of anilines is 2. The summed E-state index contributed by atoms with van der Waals surface area (Å²) >= 11 is 0. The van der Waals surface area contributed by atoms with E-state index in [2.05, 4.69) is 10.0 Å². The molecule has 36 heavy (non-hydrogen) atoms.